The molecule has 0 N–H and O–H groups in total. The lowest BCUT2D eigenvalue weighted by atomic mass is 9.95. The highest BCUT2D eigenvalue weighted by atomic mass is 79.9. The van der Waals surface area contributed by atoms with Crippen LogP contribution in [-0.2, 0) is 0 Å². The van der Waals surface area contributed by atoms with Crippen LogP contribution in [0.3, 0.4) is 0 Å². The van der Waals surface area contributed by atoms with Crippen molar-refractivity contribution in [3.8, 4) is 22.6 Å². The van der Waals surface area contributed by atoms with Gasteiger partial charge in [-0.2, -0.15) is 0 Å². The molecule has 7 nitrogen and oxygen atoms in total. The molecule has 2 aromatic carbocycles. The average Bonchev–Trinajstić information content (AvgIpc) is 2.94. The molecule has 0 saturated heterocycles. The summed E-state index contributed by atoms with van der Waals surface area (Å²) in [5.74, 6) is 0.291. The van der Waals surface area contributed by atoms with Crippen molar-refractivity contribution in [2.45, 2.75) is 76.3 Å². The van der Waals surface area contributed by atoms with Crippen LogP contribution in [0, 0.1) is 0 Å². The van der Waals surface area contributed by atoms with Crippen molar-refractivity contribution in [3.05, 3.63) is 79.5 Å². The highest BCUT2D eigenvalue weighted by molar-refractivity contribution is 9.10. The molecule has 0 aliphatic heterocycles. The van der Waals surface area contributed by atoms with Crippen LogP contribution in [0.5, 0.6) is 0 Å². The summed E-state index contributed by atoms with van der Waals surface area (Å²) < 4.78 is 14.8. The minimum atomic E-state index is -0.665. The summed E-state index contributed by atoms with van der Waals surface area (Å²) in [4.78, 5) is 37.4. The van der Waals surface area contributed by atoms with E-state index in [2.05, 4.69) is 20.9 Å². The number of hydrogen-bond donors (Lipinski definition) is 0. The molecule has 2 fully saturated rings. The van der Waals surface area contributed by atoms with Gasteiger partial charge in [-0.25, -0.2) is 14.8 Å². The number of fused-ring (bicyclic) bond motifs is 1. The number of hydrogen-bond acceptors (Lipinski definition) is 6. The zero-order chi connectivity index (χ0) is 26.1. The largest absolute Gasteiger partial charge is 0.424 e. The molecule has 38 heavy (non-hydrogen) atoms. The molecule has 0 unspecified atom stereocenters. The lowest BCUT2D eigenvalue weighted by Gasteiger charge is -2.25. The first-order chi connectivity index (χ1) is 18.6. The monoisotopic (exact) mass is 575 g/mol. The summed E-state index contributed by atoms with van der Waals surface area (Å²) in [7, 11) is 0. The summed E-state index contributed by atoms with van der Waals surface area (Å²) in [5, 5.41) is 0. The molecule has 0 amide bonds. The van der Waals surface area contributed by atoms with E-state index in [0.717, 1.165) is 62.3 Å². The van der Waals surface area contributed by atoms with E-state index in [4.69, 9.17) is 13.8 Å². The van der Waals surface area contributed by atoms with Crippen LogP contribution in [0.2, 0.25) is 0 Å². The van der Waals surface area contributed by atoms with Crippen molar-refractivity contribution in [1.29, 1.82) is 0 Å². The summed E-state index contributed by atoms with van der Waals surface area (Å²) in [5.41, 5.74) is 1.02. The molecule has 0 spiro atoms. The number of rotatable bonds is 4. The molecule has 6 rings (SSSR count). The van der Waals surface area contributed by atoms with Gasteiger partial charge in [-0.3, -0.25) is 9.36 Å². The Kier molecular flexibility index (Phi) is 7.15. The Morgan fingerprint density at radius 2 is 1.53 bits per heavy atom. The van der Waals surface area contributed by atoms with E-state index in [-0.39, 0.29) is 28.9 Å². The third-order valence-corrected chi connectivity index (χ3v) is 8.23. The van der Waals surface area contributed by atoms with Gasteiger partial charge in [0, 0.05) is 16.1 Å². The van der Waals surface area contributed by atoms with Gasteiger partial charge in [0.25, 0.3) is 5.56 Å². The SMILES string of the molecule is O=c1oc2ccccc2nc1-c1c(-c2ccc(Br)cc2)oc(=NC2CCCCC2)n(C2CCCCC2)c1=O. The smallest absolute Gasteiger partial charge is 0.363 e. The fraction of sp³-hybridized carbons (Fsp3) is 0.400. The number of para-hydroxylation sites is 2. The molecule has 2 aliphatic carbocycles. The molecule has 196 valence electrons. The molecule has 2 heterocycles. The van der Waals surface area contributed by atoms with Crippen molar-refractivity contribution >= 4 is 27.0 Å². The summed E-state index contributed by atoms with van der Waals surface area (Å²) in [6, 6.07) is 14.7. The van der Waals surface area contributed by atoms with Gasteiger partial charge < -0.3 is 8.83 Å². The summed E-state index contributed by atoms with van der Waals surface area (Å²) >= 11 is 3.49. The molecule has 2 aromatic heterocycles. The standard InChI is InChI=1S/C30H30BrN3O4/c31-20-17-15-19(16-18-20)27-25(26-29(36)37-24-14-8-7-13-23(24)33-26)28(35)34(22-11-5-2-6-12-22)30(38-27)32-21-9-3-1-4-10-21/h7-8,13-18,21-22H,1-6,9-12H2. The molecule has 4 aromatic rings. The fourth-order valence-electron chi connectivity index (χ4n) is 5.73. The highest BCUT2D eigenvalue weighted by Crippen LogP contribution is 2.31. The lowest BCUT2D eigenvalue weighted by molar-refractivity contribution is 0.288. The maximum absolute atomic E-state index is 14.5. The van der Waals surface area contributed by atoms with Crippen LogP contribution < -0.4 is 16.9 Å². The second-order valence-electron chi connectivity index (χ2n) is 10.3. The van der Waals surface area contributed by atoms with E-state index in [1.54, 1.807) is 22.8 Å². The van der Waals surface area contributed by atoms with Crippen LogP contribution in [0.1, 0.15) is 70.3 Å². The Morgan fingerprint density at radius 1 is 0.842 bits per heavy atom. The van der Waals surface area contributed by atoms with Crippen molar-refractivity contribution in [2.75, 3.05) is 0 Å². The van der Waals surface area contributed by atoms with Gasteiger partial charge in [-0.05, 0) is 49.9 Å². The average molecular weight is 576 g/mol. The molecule has 0 atom stereocenters. The molecular weight excluding hydrogens is 546 g/mol. The Bertz CT molecular complexity index is 1640. The maximum Gasteiger partial charge on any atom is 0.363 e. The second-order valence-corrected chi connectivity index (χ2v) is 11.2. The van der Waals surface area contributed by atoms with E-state index >= 15 is 0 Å². The Morgan fingerprint density at radius 3 is 2.26 bits per heavy atom. The zero-order valence-corrected chi connectivity index (χ0v) is 22.8. The van der Waals surface area contributed by atoms with Gasteiger partial charge in [0.1, 0.15) is 11.1 Å². The first-order valence-electron chi connectivity index (χ1n) is 13.6. The Labute approximate surface area is 228 Å². The Balaban J connectivity index is 1.67. The Hall–Kier alpha value is -3.26. The molecular formula is C30H30BrN3O4. The van der Waals surface area contributed by atoms with E-state index in [0.29, 0.717) is 28.1 Å². The predicted molar refractivity (Wildman–Crippen MR) is 150 cm³/mol. The minimum absolute atomic E-state index is 0.0347. The van der Waals surface area contributed by atoms with Gasteiger partial charge in [0.05, 0.1) is 6.04 Å². The topological polar surface area (TPSA) is 90.6 Å². The number of nitrogens with zero attached hydrogens (tertiary/aromatic N) is 3. The van der Waals surface area contributed by atoms with Crippen molar-refractivity contribution in [2.24, 2.45) is 4.99 Å². The van der Waals surface area contributed by atoms with Crippen LogP contribution in [0.25, 0.3) is 33.7 Å². The van der Waals surface area contributed by atoms with Crippen molar-refractivity contribution in [1.82, 2.24) is 9.55 Å². The molecule has 2 aliphatic rings. The molecule has 0 bridgehead atoms. The van der Waals surface area contributed by atoms with Gasteiger partial charge in [-0.1, -0.05) is 78.7 Å². The molecule has 0 radical (unpaired) electrons. The van der Waals surface area contributed by atoms with Crippen LogP contribution in [-0.4, -0.2) is 15.6 Å². The third-order valence-electron chi connectivity index (χ3n) is 7.70. The number of benzene rings is 2. The minimum Gasteiger partial charge on any atom is -0.424 e. The predicted octanol–water partition coefficient (Wildman–Crippen LogP) is 6.78. The fourth-order valence-corrected chi connectivity index (χ4v) is 6.00. The summed E-state index contributed by atoms with van der Waals surface area (Å²) in [6.45, 7) is 0. The van der Waals surface area contributed by atoms with Gasteiger partial charge in [-0.15, -0.1) is 0 Å². The van der Waals surface area contributed by atoms with E-state index in [9.17, 15) is 9.59 Å². The summed E-state index contributed by atoms with van der Waals surface area (Å²) in [6.07, 6.45) is 10.4. The molecule has 8 heteroatoms. The lowest BCUT2D eigenvalue weighted by Crippen LogP contribution is -2.40. The number of aromatic nitrogens is 2. The maximum atomic E-state index is 14.5. The van der Waals surface area contributed by atoms with E-state index in [1.165, 1.54) is 6.42 Å². The number of halogens is 1. The zero-order valence-electron chi connectivity index (χ0n) is 21.2. The van der Waals surface area contributed by atoms with Crippen LogP contribution >= 0.6 is 15.9 Å². The quantitative estimate of drug-likeness (QED) is 0.267. The van der Waals surface area contributed by atoms with Crippen molar-refractivity contribution < 1.29 is 8.83 Å². The third kappa shape index (κ3) is 4.94. The van der Waals surface area contributed by atoms with Gasteiger partial charge >= 0.3 is 11.3 Å². The normalized spacial score (nSPS) is 17.8. The van der Waals surface area contributed by atoms with Crippen LogP contribution in [0.4, 0.5) is 0 Å². The van der Waals surface area contributed by atoms with E-state index < -0.39 is 5.63 Å². The second kappa shape index (κ2) is 10.8. The first kappa shape index (κ1) is 25.0. The van der Waals surface area contributed by atoms with Gasteiger partial charge in [0.15, 0.2) is 17.0 Å². The van der Waals surface area contributed by atoms with Crippen LogP contribution in [0.15, 0.2) is 76.4 Å². The van der Waals surface area contributed by atoms with Gasteiger partial charge in [0.2, 0.25) is 0 Å². The first-order valence-corrected chi connectivity index (χ1v) is 14.4. The van der Waals surface area contributed by atoms with E-state index in [1.807, 2.05) is 30.3 Å². The highest BCUT2D eigenvalue weighted by Gasteiger charge is 2.28. The molecule has 2 saturated carbocycles. The van der Waals surface area contributed by atoms with Crippen molar-refractivity contribution in [3.63, 3.8) is 0 Å².